The maximum absolute atomic E-state index is 9.61. The number of ether oxygens (including phenoxy) is 1. The average Bonchev–Trinajstić information content (AvgIpc) is 2.45. The van der Waals surface area contributed by atoms with Crippen molar-refractivity contribution in [2.45, 2.75) is 64.4 Å². The molecule has 116 valence electrons. The van der Waals surface area contributed by atoms with Crippen molar-refractivity contribution in [2.75, 3.05) is 0 Å². The van der Waals surface area contributed by atoms with Crippen LogP contribution in [-0.2, 0) is 0 Å². The molecule has 2 rings (SSSR count). The first kappa shape index (κ1) is 15.7. The second-order valence-electron chi connectivity index (χ2n) is 6.12. The van der Waals surface area contributed by atoms with Gasteiger partial charge >= 0.3 is 0 Å². The van der Waals surface area contributed by atoms with Gasteiger partial charge in [-0.3, -0.25) is 0 Å². The zero-order valence-corrected chi connectivity index (χ0v) is 12.9. The van der Waals surface area contributed by atoms with Crippen molar-refractivity contribution in [1.29, 1.82) is 0 Å². The lowest BCUT2D eigenvalue weighted by Crippen LogP contribution is -2.39. The molecule has 1 heterocycles. The molecule has 1 aromatic rings. The van der Waals surface area contributed by atoms with E-state index in [1.807, 2.05) is 6.92 Å². The smallest absolute Gasteiger partial charge is 0.133 e. The molecule has 4 heteroatoms. The fraction of sp³-hybridized carbons (Fsp3) is 0.588. The van der Waals surface area contributed by atoms with Gasteiger partial charge < -0.3 is 15.1 Å². The molecule has 1 aliphatic heterocycles. The minimum atomic E-state index is -0.366. The molecule has 0 amide bonds. The summed E-state index contributed by atoms with van der Waals surface area (Å²) in [5.41, 5.74) is 1.03. The third-order valence-electron chi connectivity index (χ3n) is 4.10. The third-order valence-corrected chi connectivity index (χ3v) is 4.10. The highest BCUT2D eigenvalue weighted by Gasteiger charge is 2.35. The third kappa shape index (κ3) is 3.90. The summed E-state index contributed by atoms with van der Waals surface area (Å²) in [5, 5.41) is 22.3. The Morgan fingerprint density at radius 1 is 1.24 bits per heavy atom. The lowest BCUT2D eigenvalue weighted by atomic mass is 9.86. The van der Waals surface area contributed by atoms with Crippen molar-refractivity contribution in [2.24, 2.45) is 5.16 Å². The van der Waals surface area contributed by atoms with E-state index >= 15 is 0 Å². The molecule has 21 heavy (non-hydrogen) atoms. The van der Waals surface area contributed by atoms with Crippen LogP contribution in [0.25, 0.3) is 0 Å². The van der Waals surface area contributed by atoms with Crippen molar-refractivity contribution < 1.29 is 15.1 Å². The van der Waals surface area contributed by atoms with Crippen LogP contribution in [0.3, 0.4) is 0 Å². The topological polar surface area (TPSA) is 62.1 Å². The predicted octanol–water partition coefficient (Wildman–Crippen LogP) is 4.47. The molecule has 1 unspecified atom stereocenters. The Labute approximate surface area is 126 Å². The first-order valence-electron chi connectivity index (χ1n) is 7.81. The SMILES string of the molecule is CCCCCCCC1(C)CC(=NO)c2ccc(O)cc2O1. The summed E-state index contributed by atoms with van der Waals surface area (Å²) in [5.74, 6) is 0.767. The van der Waals surface area contributed by atoms with Gasteiger partial charge in [-0.05, 0) is 31.9 Å². The Morgan fingerprint density at radius 3 is 2.71 bits per heavy atom. The Bertz CT molecular complexity index is 513. The maximum atomic E-state index is 9.61. The summed E-state index contributed by atoms with van der Waals surface area (Å²) in [6.45, 7) is 4.25. The summed E-state index contributed by atoms with van der Waals surface area (Å²) in [6.07, 6.45) is 7.58. The minimum Gasteiger partial charge on any atom is -0.508 e. The lowest BCUT2D eigenvalue weighted by Gasteiger charge is -2.36. The molecule has 2 N–H and O–H groups in total. The summed E-state index contributed by atoms with van der Waals surface area (Å²) in [7, 11) is 0. The van der Waals surface area contributed by atoms with Crippen LogP contribution in [0.1, 0.15) is 64.4 Å². The normalized spacial score (nSPS) is 22.9. The summed E-state index contributed by atoms with van der Waals surface area (Å²) in [4.78, 5) is 0. The number of fused-ring (bicyclic) bond motifs is 1. The zero-order chi connectivity index (χ0) is 15.3. The van der Waals surface area contributed by atoms with Gasteiger partial charge in [0.05, 0.1) is 5.71 Å². The molecule has 1 aliphatic rings. The van der Waals surface area contributed by atoms with E-state index in [4.69, 9.17) is 4.74 Å². The molecule has 0 saturated heterocycles. The van der Waals surface area contributed by atoms with Gasteiger partial charge in [-0.15, -0.1) is 0 Å². The number of unbranched alkanes of at least 4 members (excludes halogenated alkanes) is 4. The van der Waals surface area contributed by atoms with Gasteiger partial charge in [0.25, 0.3) is 0 Å². The molecule has 0 aliphatic carbocycles. The number of oxime groups is 1. The van der Waals surface area contributed by atoms with Crippen LogP contribution in [0.15, 0.2) is 23.4 Å². The largest absolute Gasteiger partial charge is 0.508 e. The molecule has 1 atom stereocenters. The number of phenols is 1. The van der Waals surface area contributed by atoms with Gasteiger partial charge in [-0.2, -0.15) is 0 Å². The van der Waals surface area contributed by atoms with E-state index in [-0.39, 0.29) is 11.4 Å². The lowest BCUT2D eigenvalue weighted by molar-refractivity contribution is 0.0762. The molecule has 0 spiro atoms. The van der Waals surface area contributed by atoms with E-state index < -0.39 is 0 Å². The molecular formula is C17H25NO3. The van der Waals surface area contributed by atoms with E-state index in [0.717, 1.165) is 18.4 Å². The van der Waals surface area contributed by atoms with E-state index in [2.05, 4.69) is 12.1 Å². The summed E-state index contributed by atoms with van der Waals surface area (Å²) >= 11 is 0. The summed E-state index contributed by atoms with van der Waals surface area (Å²) < 4.78 is 6.09. The monoisotopic (exact) mass is 291 g/mol. The van der Waals surface area contributed by atoms with Crippen LogP contribution in [0.2, 0.25) is 0 Å². The standard InChI is InChI=1S/C17H25NO3/c1-3-4-5-6-7-10-17(2)12-15(18-20)14-9-8-13(19)11-16(14)21-17/h8-9,11,19-20H,3-7,10,12H2,1-2H3. The van der Waals surface area contributed by atoms with E-state index in [9.17, 15) is 10.3 Å². The van der Waals surface area contributed by atoms with Crippen molar-refractivity contribution in [3.05, 3.63) is 23.8 Å². The van der Waals surface area contributed by atoms with Crippen molar-refractivity contribution >= 4 is 5.71 Å². The highest BCUT2D eigenvalue weighted by Crippen LogP contribution is 2.38. The molecule has 1 aromatic carbocycles. The van der Waals surface area contributed by atoms with E-state index in [1.165, 1.54) is 25.7 Å². The number of benzene rings is 1. The summed E-state index contributed by atoms with van der Waals surface area (Å²) in [6, 6.07) is 4.91. The maximum Gasteiger partial charge on any atom is 0.133 e. The molecule has 0 aromatic heterocycles. The van der Waals surface area contributed by atoms with Gasteiger partial charge in [-0.1, -0.05) is 37.8 Å². The molecule has 0 saturated carbocycles. The quantitative estimate of drug-likeness (QED) is 0.461. The van der Waals surface area contributed by atoms with Gasteiger partial charge in [0, 0.05) is 18.1 Å². The van der Waals surface area contributed by atoms with Gasteiger partial charge in [0.15, 0.2) is 0 Å². The molecule has 0 fully saturated rings. The van der Waals surface area contributed by atoms with Crippen molar-refractivity contribution in [3.8, 4) is 11.5 Å². The fourth-order valence-corrected chi connectivity index (χ4v) is 2.92. The average molecular weight is 291 g/mol. The Kier molecular flexibility index (Phi) is 5.10. The molecule has 0 radical (unpaired) electrons. The van der Waals surface area contributed by atoms with Crippen LogP contribution in [-0.4, -0.2) is 21.6 Å². The number of phenolic OH excluding ortho intramolecular Hbond substituents is 1. The van der Waals surface area contributed by atoms with Crippen LogP contribution in [0, 0.1) is 0 Å². The highest BCUT2D eigenvalue weighted by atomic mass is 16.5. The highest BCUT2D eigenvalue weighted by molar-refractivity contribution is 6.04. The van der Waals surface area contributed by atoms with Crippen LogP contribution in [0.4, 0.5) is 0 Å². The first-order valence-corrected chi connectivity index (χ1v) is 7.81. The number of aromatic hydroxyl groups is 1. The van der Waals surface area contributed by atoms with Crippen molar-refractivity contribution in [1.82, 2.24) is 0 Å². The minimum absolute atomic E-state index is 0.165. The Balaban J connectivity index is 2.06. The second-order valence-corrected chi connectivity index (χ2v) is 6.12. The molecule has 4 nitrogen and oxygen atoms in total. The Morgan fingerprint density at radius 2 is 2.00 bits per heavy atom. The van der Waals surface area contributed by atoms with Gasteiger partial charge in [-0.25, -0.2) is 0 Å². The second kappa shape index (κ2) is 6.83. The van der Waals surface area contributed by atoms with Gasteiger partial charge in [0.2, 0.25) is 0 Å². The molecule has 0 bridgehead atoms. The van der Waals surface area contributed by atoms with Crippen LogP contribution < -0.4 is 4.74 Å². The Hall–Kier alpha value is -1.71. The van der Waals surface area contributed by atoms with Crippen molar-refractivity contribution in [3.63, 3.8) is 0 Å². The first-order chi connectivity index (χ1) is 10.1. The number of nitrogens with zero attached hydrogens (tertiary/aromatic N) is 1. The fourth-order valence-electron chi connectivity index (χ4n) is 2.92. The number of hydrogen-bond acceptors (Lipinski definition) is 4. The molecular weight excluding hydrogens is 266 g/mol. The van der Waals surface area contributed by atoms with Gasteiger partial charge in [0.1, 0.15) is 17.1 Å². The number of rotatable bonds is 6. The van der Waals surface area contributed by atoms with Crippen LogP contribution in [0.5, 0.6) is 11.5 Å². The van der Waals surface area contributed by atoms with E-state index in [1.54, 1.807) is 18.2 Å². The zero-order valence-electron chi connectivity index (χ0n) is 12.9. The van der Waals surface area contributed by atoms with E-state index in [0.29, 0.717) is 17.9 Å². The van der Waals surface area contributed by atoms with Crippen LogP contribution >= 0.6 is 0 Å². The number of hydrogen-bond donors (Lipinski definition) is 2. The predicted molar refractivity (Wildman–Crippen MR) is 83.5 cm³/mol.